The summed E-state index contributed by atoms with van der Waals surface area (Å²) in [5, 5.41) is 9.70. The van der Waals surface area contributed by atoms with E-state index in [0.29, 0.717) is 17.4 Å². The number of hydrogen-bond donors (Lipinski definition) is 1. The molecule has 0 spiro atoms. The first-order chi connectivity index (χ1) is 37.6. The first-order valence-electron chi connectivity index (χ1n) is 33.5. The summed E-state index contributed by atoms with van der Waals surface area (Å²) in [7, 11) is 5.98. The monoisotopic (exact) mass is 1090 g/mol. The highest BCUT2D eigenvalue weighted by molar-refractivity contribution is 5.71. The highest BCUT2D eigenvalue weighted by Crippen LogP contribution is 2.18. The van der Waals surface area contributed by atoms with Gasteiger partial charge >= 0.3 is 17.9 Å². The number of carboxylic acid groups (broad SMARTS) is 1. The van der Waals surface area contributed by atoms with Crippen LogP contribution in [-0.2, 0) is 33.3 Å². The van der Waals surface area contributed by atoms with Crippen LogP contribution in [-0.4, -0.2) is 87.4 Å². The van der Waals surface area contributed by atoms with E-state index in [-0.39, 0.29) is 38.2 Å². The lowest BCUT2D eigenvalue weighted by Gasteiger charge is -2.25. The highest BCUT2D eigenvalue weighted by Gasteiger charge is 2.25. The van der Waals surface area contributed by atoms with E-state index in [1.807, 2.05) is 21.1 Å². The van der Waals surface area contributed by atoms with Crippen LogP contribution in [0.15, 0.2) is 24.3 Å². The minimum atomic E-state index is -1.51. The molecule has 0 aromatic rings. The second kappa shape index (κ2) is 59.9. The number of hydrogen-bond acceptors (Lipinski definition) is 7. The number of carbonyl (C=O) groups is 3. The second-order valence-electron chi connectivity index (χ2n) is 24.1. The van der Waals surface area contributed by atoms with Gasteiger partial charge in [-0.15, -0.1) is 0 Å². The van der Waals surface area contributed by atoms with Crippen molar-refractivity contribution in [2.24, 2.45) is 0 Å². The molecule has 0 aliphatic heterocycles. The van der Waals surface area contributed by atoms with Crippen molar-refractivity contribution in [3.05, 3.63) is 24.3 Å². The van der Waals surface area contributed by atoms with Crippen LogP contribution in [0.3, 0.4) is 0 Å². The molecule has 454 valence electrons. The Kier molecular flexibility index (Phi) is 58.1. The molecule has 0 aliphatic carbocycles. The Hall–Kier alpha value is -2.23. The number of carbonyl (C=O) groups excluding carboxylic acids is 2. The molecule has 0 rings (SSSR count). The average molecular weight is 1090 g/mol. The van der Waals surface area contributed by atoms with Gasteiger partial charge in [-0.2, -0.15) is 0 Å². The molecule has 0 amide bonds. The van der Waals surface area contributed by atoms with E-state index in [0.717, 1.165) is 51.4 Å². The average Bonchev–Trinajstić information content (AvgIpc) is 3.40. The lowest BCUT2D eigenvalue weighted by atomic mass is 10.0. The number of aliphatic carboxylic acids is 1. The molecule has 0 saturated heterocycles. The molecule has 0 bridgehead atoms. The number of likely N-dealkylation sites (N-methyl/N-ethyl adjacent to an activating group) is 1. The Balaban J connectivity index is 3.90. The maximum atomic E-state index is 12.9. The fraction of sp³-hybridized carbons (Fsp3) is 0.897. The molecular weight excluding hydrogens is 959 g/mol. The maximum Gasteiger partial charge on any atom is 0.361 e. The number of unbranched alkanes of at least 4 members (excludes halogenated alkanes) is 44. The van der Waals surface area contributed by atoms with Gasteiger partial charge in [0.25, 0.3) is 6.29 Å². The fourth-order valence-electron chi connectivity index (χ4n) is 10.0. The molecule has 2 unspecified atom stereocenters. The Morgan fingerprint density at radius 1 is 0.377 bits per heavy atom. The van der Waals surface area contributed by atoms with Crippen molar-refractivity contribution in [3.63, 3.8) is 0 Å². The van der Waals surface area contributed by atoms with Crippen molar-refractivity contribution in [2.75, 3.05) is 47.5 Å². The van der Waals surface area contributed by atoms with Crippen molar-refractivity contribution < 1.29 is 42.9 Å². The van der Waals surface area contributed by atoms with Gasteiger partial charge in [0.05, 0.1) is 34.4 Å². The van der Waals surface area contributed by atoms with Crippen molar-refractivity contribution in [1.82, 2.24) is 0 Å². The third-order valence-electron chi connectivity index (χ3n) is 15.2. The first kappa shape index (κ1) is 74.8. The van der Waals surface area contributed by atoms with Gasteiger partial charge in [0.15, 0.2) is 6.10 Å². The quantitative estimate of drug-likeness (QED) is 0.0211. The normalized spacial score (nSPS) is 12.8. The lowest BCUT2D eigenvalue weighted by Crippen LogP contribution is -2.40. The van der Waals surface area contributed by atoms with E-state index >= 15 is 0 Å². The molecule has 1 N–H and O–H groups in total. The van der Waals surface area contributed by atoms with Crippen LogP contribution in [0.2, 0.25) is 0 Å². The fourth-order valence-corrected chi connectivity index (χ4v) is 10.0. The topological polar surface area (TPSA) is 108 Å². The van der Waals surface area contributed by atoms with Crippen molar-refractivity contribution in [2.45, 2.75) is 347 Å². The largest absolute Gasteiger partial charge is 0.477 e. The van der Waals surface area contributed by atoms with Gasteiger partial charge in [0, 0.05) is 12.8 Å². The number of ether oxygens (including phenoxy) is 4. The zero-order valence-corrected chi connectivity index (χ0v) is 51.9. The molecule has 9 nitrogen and oxygen atoms in total. The first-order valence-corrected chi connectivity index (χ1v) is 33.5. The summed E-state index contributed by atoms with van der Waals surface area (Å²) in [5.41, 5.74) is 0. The van der Waals surface area contributed by atoms with E-state index < -0.39 is 18.4 Å². The van der Waals surface area contributed by atoms with E-state index in [1.165, 1.54) is 257 Å². The van der Waals surface area contributed by atoms with Crippen LogP contribution in [0.5, 0.6) is 0 Å². The van der Waals surface area contributed by atoms with Gasteiger partial charge in [-0.05, 0) is 64.2 Å². The van der Waals surface area contributed by atoms with E-state index in [9.17, 15) is 19.5 Å². The Morgan fingerprint density at radius 2 is 0.662 bits per heavy atom. The minimum absolute atomic E-state index is 0.181. The molecule has 77 heavy (non-hydrogen) atoms. The van der Waals surface area contributed by atoms with Crippen LogP contribution in [0.4, 0.5) is 0 Å². The van der Waals surface area contributed by atoms with Crippen LogP contribution < -0.4 is 0 Å². The van der Waals surface area contributed by atoms with Gasteiger partial charge in [0.1, 0.15) is 13.2 Å². The van der Waals surface area contributed by atoms with Crippen LogP contribution in [0.1, 0.15) is 335 Å². The molecule has 0 fully saturated rings. The summed E-state index contributed by atoms with van der Waals surface area (Å²) < 4.78 is 22.9. The van der Waals surface area contributed by atoms with Crippen molar-refractivity contribution >= 4 is 17.9 Å². The summed E-state index contributed by atoms with van der Waals surface area (Å²) in [6, 6.07) is 0. The highest BCUT2D eigenvalue weighted by atomic mass is 16.7. The Labute approximate surface area is 478 Å². The number of esters is 2. The standard InChI is InChI=1S/C68H129NO8/c1-6-8-10-12-14-16-18-20-21-22-23-24-25-26-27-28-29-30-31-32-33-34-35-36-37-38-39-40-41-42-43-44-45-47-49-51-53-55-57-59-66(71)77-64(63-76-68(67(72)73)74-61-60-69(3,4)5)62-75-65(70)58-56-54-52-50-48-46-19-17-15-13-11-9-7-2/h17,19,22-23,64,68H,6-16,18,20-21,24-63H2,1-5H3/p+1/b19-17-,23-22-. The molecule has 0 heterocycles. The van der Waals surface area contributed by atoms with Gasteiger partial charge in [0.2, 0.25) is 0 Å². The smallest absolute Gasteiger partial charge is 0.361 e. The van der Waals surface area contributed by atoms with Gasteiger partial charge in [-0.3, -0.25) is 9.59 Å². The molecule has 0 saturated carbocycles. The van der Waals surface area contributed by atoms with Gasteiger partial charge in [-0.25, -0.2) is 4.79 Å². The van der Waals surface area contributed by atoms with E-state index in [4.69, 9.17) is 18.9 Å². The van der Waals surface area contributed by atoms with Crippen molar-refractivity contribution in [1.29, 1.82) is 0 Å². The number of nitrogens with zero attached hydrogens (tertiary/aromatic N) is 1. The molecule has 0 aromatic carbocycles. The zero-order chi connectivity index (χ0) is 56.2. The molecule has 2 atom stereocenters. The number of allylic oxidation sites excluding steroid dienone is 4. The summed E-state index contributed by atoms with van der Waals surface area (Å²) in [4.78, 5) is 37.4. The lowest BCUT2D eigenvalue weighted by molar-refractivity contribution is -0.870. The van der Waals surface area contributed by atoms with Crippen LogP contribution in [0, 0.1) is 0 Å². The Bertz CT molecular complexity index is 1310. The zero-order valence-electron chi connectivity index (χ0n) is 51.9. The molecule has 9 heteroatoms. The third kappa shape index (κ3) is 61.2. The summed E-state index contributed by atoms with van der Waals surface area (Å²) in [6.45, 7) is 4.90. The predicted molar refractivity (Wildman–Crippen MR) is 328 cm³/mol. The summed E-state index contributed by atoms with van der Waals surface area (Å²) in [5.74, 6) is -2.00. The van der Waals surface area contributed by atoms with E-state index in [1.54, 1.807) is 0 Å². The Morgan fingerprint density at radius 3 is 0.974 bits per heavy atom. The molecule has 0 aliphatic rings. The number of rotatable bonds is 63. The van der Waals surface area contributed by atoms with Crippen molar-refractivity contribution in [3.8, 4) is 0 Å². The molecule has 0 aromatic heterocycles. The summed E-state index contributed by atoms with van der Waals surface area (Å²) >= 11 is 0. The predicted octanol–water partition coefficient (Wildman–Crippen LogP) is 20.2. The molecular formula is C68H130NO8+. The summed E-state index contributed by atoms with van der Waals surface area (Å²) in [6.07, 6.45) is 70.3. The minimum Gasteiger partial charge on any atom is -0.477 e. The van der Waals surface area contributed by atoms with Crippen LogP contribution >= 0.6 is 0 Å². The third-order valence-corrected chi connectivity index (χ3v) is 15.2. The second-order valence-corrected chi connectivity index (χ2v) is 24.1. The molecule has 0 radical (unpaired) electrons. The van der Waals surface area contributed by atoms with E-state index in [2.05, 4.69) is 38.2 Å². The SMILES string of the molecule is CCCCCC/C=C\CCCCCCCC(=O)OCC(COC(OCC[N+](C)(C)C)C(=O)O)OC(=O)CCCCCCCCCCCCCCCCCCCCCCCCCCCCC/C=C\CCCCCCCCCC. The van der Waals surface area contributed by atoms with Gasteiger partial charge < -0.3 is 28.5 Å². The maximum absolute atomic E-state index is 12.9. The van der Waals surface area contributed by atoms with Gasteiger partial charge in [-0.1, -0.05) is 282 Å². The number of carboxylic acids is 1. The van der Waals surface area contributed by atoms with Crippen LogP contribution in [0.25, 0.3) is 0 Å². The number of quaternary nitrogens is 1.